The monoisotopic (exact) mass is 221 g/mol. The molecule has 1 aromatic heterocycles. The summed E-state index contributed by atoms with van der Waals surface area (Å²) in [6.45, 7) is 3.77. The normalized spacial score (nSPS) is 10.2. The lowest BCUT2D eigenvalue weighted by Crippen LogP contribution is -2.05. The first kappa shape index (κ1) is 10.4. The highest BCUT2D eigenvalue weighted by Gasteiger charge is 2.18. The maximum Gasteiger partial charge on any atom is 0.356 e. The Balaban J connectivity index is 3.01. The lowest BCUT2D eigenvalue weighted by molar-refractivity contribution is 0.0520. The molecule has 0 aliphatic carbocycles. The van der Waals surface area contributed by atoms with Gasteiger partial charge >= 0.3 is 5.97 Å². The fraction of sp³-hybridized carbons (Fsp3) is 0.375. The highest BCUT2D eigenvalue weighted by Crippen LogP contribution is 2.29. The number of halogens is 2. The smallest absolute Gasteiger partial charge is 0.356 e. The molecule has 1 N–H and O–H groups in total. The molecule has 1 aromatic rings. The molecule has 0 aromatic carbocycles. The summed E-state index contributed by atoms with van der Waals surface area (Å²) in [6, 6.07) is 0. The van der Waals surface area contributed by atoms with Crippen LogP contribution < -0.4 is 0 Å². The SMILES string of the molecule is CCOC(=O)c1[nH]c(C)c(Cl)c1Cl. The van der Waals surface area contributed by atoms with Gasteiger partial charge in [-0.15, -0.1) is 0 Å². The molecule has 72 valence electrons. The van der Waals surface area contributed by atoms with E-state index in [1.807, 2.05) is 0 Å². The molecule has 0 unspecified atom stereocenters. The number of aromatic nitrogens is 1. The zero-order valence-electron chi connectivity index (χ0n) is 7.28. The Labute approximate surface area is 86.0 Å². The van der Waals surface area contributed by atoms with Crippen molar-refractivity contribution in [2.75, 3.05) is 6.61 Å². The third kappa shape index (κ3) is 1.98. The van der Waals surface area contributed by atoms with Crippen LogP contribution in [0.3, 0.4) is 0 Å². The Hall–Kier alpha value is -0.670. The molecular formula is C8H9Cl2NO2. The largest absolute Gasteiger partial charge is 0.461 e. The molecule has 0 atom stereocenters. The predicted molar refractivity (Wildman–Crippen MR) is 51.5 cm³/mol. The molecule has 0 bridgehead atoms. The molecule has 0 fully saturated rings. The van der Waals surface area contributed by atoms with Gasteiger partial charge in [0.15, 0.2) is 0 Å². The van der Waals surface area contributed by atoms with E-state index in [1.54, 1.807) is 13.8 Å². The highest BCUT2D eigenvalue weighted by molar-refractivity contribution is 6.44. The summed E-state index contributed by atoms with van der Waals surface area (Å²) >= 11 is 11.6. The first-order valence-corrected chi connectivity index (χ1v) is 4.54. The topological polar surface area (TPSA) is 42.1 Å². The predicted octanol–water partition coefficient (Wildman–Crippen LogP) is 2.81. The van der Waals surface area contributed by atoms with Crippen molar-refractivity contribution in [3.05, 3.63) is 21.4 Å². The van der Waals surface area contributed by atoms with Gasteiger partial charge in [-0.05, 0) is 13.8 Å². The number of nitrogens with one attached hydrogen (secondary N) is 1. The van der Waals surface area contributed by atoms with Gasteiger partial charge in [-0.25, -0.2) is 4.79 Å². The van der Waals surface area contributed by atoms with Crippen LogP contribution in [0.5, 0.6) is 0 Å². The number of carbonyl (C=O) groups excluding carboxylic acids is 1. The Morgan fingerprint density at radius 1 is 1.46 bits per heavy atom. The van der Waals surface area contributed by atoms with Crippen LogP contribution in [0, 0.1) is 6.92 Å². The second-order valence-corrected chi connectivity index (χ2v) is 3.23. The number of esters is 1. The second kappa shape index (κ2) is 4.03. The Morgan fingerprint density at radius 3 is 2.46 bits per heavy atom. The van der Waals surface area contributed by atoms with E-state index in [0.717, 1.165) is 0 Å². The Morgan fingerprint density at radius 2 is 2.08 bits per heavy atom. The maximum atomic E-state index is 11.2. The van der Waals surface area contributed by atoms with Gasteiger partial charge in [0.05, 0.1) is 16.7 Å². The van der Waals surface area contributed by atoms with E-state index < -0.39 is 5.97 Å². The minimum atomic E-state index is -0.484. The standard InChI is InChI=1S/C8H9Cl2NO2/c1-3-13-8(12)7-6(10)5(9)4(2)11-7/h11H,3H2,1-2H3. The van der Waals surface area contributed by atoms with Crippen molar-refractivity contribution >= 4 is 29.2 Å². The Bertz CT molecular complexity index is 333. The van der Waals surface area contributed by atoms with Crippen LogP contribution in [-0.2, 0) is 4.74 Å². The number of hydrogen-bond acceptors (Lipinski definition) is 2. The number of aromatic amines is 1. The van der Waals surface area contributed by atoms with Crippen molar-refractivity contribution < 1.29 is 9.53 Å². The molecule has 0 spiro atoms. The molecule has 0 radical (unpaired) electrons. The first-order valence-electron chi connectivity index (χ1n) is 3.78. The first-order chi connectivity index (χ1) is 6.07. The molecule has 5 heteroatoms. The minimum Gasteiger partial charge on any atom is -0.461 e. The van der Waals surface area contributed by atoms with Crippen LogP contribution >= 0.6 is 23.2 Å². The van der Waals surface area contributed by atoms with E-state index >= 15 is 0 Å². The molecular weight excluding hydrogens is 213 g/mol. The number of aryl methyl sites for hydroxylation is 1. The zero-order chi connectivity index (χ0) is 10.0. The molecule has 0 saturated carbocycles. The van der Waals surface area contributed by atoms with Gasteiger partial charge in [-0.3, -0.25) is 0 Å². The van der Waals surface area contributed by atoms with Crippen molar-refractivity contribution in [2.45, 2.75) is 13.8 Å². The molecule has 1 rings (SSSR count). The summed E-state index contributed by atoms with van der Waals surface area (Å²) in [5.41, 5.74) is 0.876. The highest BCUT2D eigenvalue weighted by atomic mass is 35.5. The summed E-state index contributed by atoms with van der Waals surface area (Å²) in [5.74, 6) is -0.484. The van der Waals surface area contributed by atoms with Gasteiger partial charge in [0.2, 0.25) is 0 Å². The van der Waals surface area contributed by atoms with E-state index in [4.69, 9.17) is 27.9 Å². The summed E-state index contributed by atoms with van der Waals surface area (Å²) in [7, 11) is 0. The van der Waals surface area contributed by atoms with Gasteiger partial charge in [0.1, 0.15) is 5.69 Å². The molecule has 13 heavy (non-hydrogen) atoms. The molecule has 0 saturated heterocycles. The van der Waals surface area contributed by atoms with Gasteiger partial charge in [-0.2, -0.15) is 0 Å². The van der Waals surface area contributed by atoms with Crippen molar-refractivity contribution in [1.29, 1.82) is 0 Å². The summed E-state index contributed by atoms with van der Waals surface area (Å²) in [4.78, 5) is 14.0. The quantitative estimate of drug-likeness (QED) is 0.781. The number of hydrogen-bond donors (Lipinski definition) is 1. The molecule has 0 amide bonds. The van der Waals surface area contributed by atoms with Crippen LogP contribution in [0.4, 0.5) is 0 Å². The van der Waals surface area contributed by atoms with Crippen molar-refractivity contribution in [2.24, 2.45) is 0 Å². The molecule has 0 aliphatic rings. The fourth-order valence-electron chi connectivity index (χ4n) is 0.916. The lowest BCUT2D eigenvalue weighted by atomic mass is 10.4. The fourth-order valence-corrected chi connectivity index (χ4v) is 1.32. The Kier molecular flexibility index (Phi) is 3.22. The van der Waals surface area contributed by atoms with E-state index in [1.165, 1.54) is 0 Å². The van der Waals surface area contributed by atoms with Gasteiger partial charge in [0, 0.05) is 5.69 Å². The number of rotatable bonds is 2. The van der Waals surface area contributed by atoms with Crippen LogP contribution in [0.2, 0.25) is 10.0 Å². The van der Waals surface area contributed by atoms with Crippen molar-refractivity contribution in [3.63, 3.8) is 0 Å². The lowest BCUT2D eigenvalue weighted by Gasteiger charge is -1.98. The van der Waals surface area contributed by atoms with Gasteiger partial charge in [-0.1, -0.05) is 23.2 Å². The van der Waals surface area contributed by atoms with E-state index in [0.29, 0.717) is 17.3 Å². The summed E-state index contributed by atoms with van der Waals surface area (Å²) in [5, 5.41) is 0.585. The van der Waals surface area contributed by atoms with Gasteiger partial charge < -0.3 is 9.72 Å². The number of carbonyl (C=O) groups is 1. The zero-order valence-corrected chi connectivity index (χ0v) is 8.79. The van der Waals surface area contributed by atoms with E-state index in [2.05, 4.69) is 4.98 Å². The number of ether oxygens (including phenoxy) is 1. The summed E-state index contributed by atoms with van der Waals surface area (Å²) in [6.07, 6.45) is 0. The average Bonchev–Trinajstić information content (AvgIpc) is 2.33. The van der Waals surface area contributed by atoms with E-state index in [9.17, 15) is 4.79 Å². The third-order valence-electron chi connectivity index (χ3n) is 1.53. The number of H-pyrrole nitrogens is 1. The van der Waals surface area contributed by atoms with Gasteiger partial charge in [0.25, 0.3) is 0 Å². The second-order valence-electron chi connectivity index (χ2n) is 2.47. The van der Waals surface area contributed by atoms with Crippen LogP contribution in [0.25, 0.3) is 0 Å². The third-order valence-corrected chi connectivity index (χ3v) is 2.48. The van der Waals surface area contributed by atoms with E-state index in [-0.39, 0.29) is 10.7 Å². The summed E-state index contributed by atoms with van der Waals surface area (Å²) < 4.78 is 4.76. The van der Waals surface area contributed by atoms with Crippen LogP contribution in [-0.4, -0.2) is 17.6 Å². The average molecular weight is 222 g/mol. The van der Waals surface area contributed by atoms with Crippen molar-refractivity contribution in [3.8, 4) is 0 Å². The van der Waals surface area contributed by atoms with Crippen LogP contribution in [0.15, 0.2) is 0 Å². The molecule has 0 aliphatic heterocycles. The minimum absolute atomic E-state index is 0.214. The molecule has 1 heterocycles. The maximum absolute atomic E-state index is 11.2. The molecule has 3 nitrogen and oxygen atoms in total. The van der Waals surface area contributed by atoms with Crippen molar-refractivity contribution in [1.82, 2.24) is 4.98 Å². The van der Waals surface area contributed by atoms with Crippen LogP contribution in [0.1, 0.15) is 23.1 Å².